The van der Waals surface area contributed by atoms with Crippen LogP contribution in [0.4, 0.5) is 5.69 Å². The first-order valence-electron chi connectivity index (χ1n) is 6.38. The first-order valence-corrected chi connectivity index (χ1v) is 6.76. The smallest absolute Gasteiger partial charge is 0.339 e. The van der Waals surface area contributed by atoms with Crippen molar-refractivity contribution in [1.82, 2.24) is 0 Å². The average Bonchev–Trinajstić information content (AvgIpc) is 2.83. The molecule has 4 nitrogen and oxygen atoms in total. The quantitative estimate of drug-likeness (QED) is 0.750. The fourth-order valence-electron chi connectivity index (χ4n) is 2.24. The third-order valence-corrected chi connectivity index (χ3v) is 3.40. The number of halogens is 1. The molecule has 0 unspecified atom stereocenters. The van der Waals surface area contributed by atoms with E-state index in [-0.39, 0.29) is 12.1 Å². The molecule has 0 aliphatic heterocycles. The zero-order chi connectivity index (χ0) is 14.8. The predicted octanol–water partition coefficient (Wildman–Crippen LogP) is 4.40. The second-order valence-corrected chi connectivity index (χ2v) is 5.00. The molecule has 0 spiro atoms. The summed E-state index contributed by atoms with van der Waals surface area (Å²) in [5.41, 5.74) is 1.57. The van der Waals surface area contributed by atoms with E-state index in [1.807, 2.05) is 18.2 Å². The fraction of sp³-hybridized carbons (Fsp3) is 0.0625. The van der Waals surface area contributed by atoms with Gasteiger partial charge in [0.15, 0.2) is 0 Å². The van der Waals surface area contributed by atoms with E-state index in [2.05, 4.69) is 5.32 Å². The van der Waals surface area contributed by atoms with Gasteiger partial charge in [-0.15, -0.1) is 0 Å². The molecule has 3 rings (SSSR count). The normalized spacial score (nSPS) is 10.7. The van der Waals surface area contributed by atoms with Crippen molar-refractivity contribution in [2.24, 2.45) is 0 Å². The Morgan fingerprint density at radius 3 is 2.76 bits per heavy atom. The number of nitrogens with one attached hydrogen (secondary N) is 1. The van der Waals surface area contributed by atoms with Gasteiger partial charge in [0.25, 0.3) is 0 Å². The summed E-state index contributed by atoms with van der Waals surface area (Å²) < 4.78 is 5.64. The number of carboxylic acid groups (broad SMARTS) is 1. The van der Waals surface area contributed by atoms with Crippen molar-refractivity contribution in [2.75, 3.05) is 5.32 Å². The molecule has 3 aromatic rings. The number of carboxylic acids is 1. The van der Waals surface area contributed by atoms with Crippen molar-refractivity contribution in [3.63, 3.8) is 0 Å². The molecular formula is C16H12ClNO3. The second kappa shape index (κ2) is 5.50. The van der Waals surface area contributed by atoms with E-state index in [9.17, 15) is 9.90 Å². The number of rotatable bonds is 4. The Bertz CT molecular complexity index is 810. The summed E-state index contributed by atoms with van der Waals surface area (Å²) in [6, 6.07) is 14.3. The number of hydrogen-bond donors (Lipinski definition) is 2. The highest BCUT2D eigenvalue weighted by atomic mass is 35.5. The van der Waals surface area contributed by atoms with Crippen LogP contribution in [0.1, 0.15) is 16.1 Å². The minimum atomic E-state index is -0.997. The molecule has 0 aliphatic carbocycles. The van der Waals surface area contributed by atoms with Gasteiger partial charge in [-0.2, -0.15) is 0 Å². The molecule has 0 radical (unpaired) electrons. The Hall–Kier alpha value is -2.46. The average molecular weight is 302 g/mol. The minimum absolute atomic E-state index is 0.195. The lowest BCUT2D eigenvalue weighted by Gasteiger charge is -2.05. The molecule has 0 aliphatic rings. The summed E-state index contributed by atoms with van der Waals surface area (Å²) in [5.74, 6) is -0.605. The number of fused-ring (bicyclic) bond motifs is 1. The van der Waals surface area contributed by atoms with Crippen LogP contribution in [0.3, 0.4) is 0 Å². The van der Waals surface area contributed by atoms with Crippen LogP contribution < -0.4 is 5.32 Å². The van der Waals surface area contributed by atoms with Crippen LogP contribution in [0.2, 0.25) is 5.02 Å². The molecule has 2 N–H and O–H groups in total. The Morgan fingerprint density at radius 1 is 1.19 bits per heavy atom. The summed E-state index contributed by atoms with van der Waals surface area (Å²) in [4.78, 5) is 11.5. The molecule has 21 heavy (non-hydrogen) atoms. The van der Waals surface area contributed by atoms with Crippen molar-refractivity contribution in [1.29, 1.82) is 0 Å². The first-order chi connectivity index (χ1) is 10.1. The van der Waals surface area contributed by atoms with Gasteiger partial charge >= 0.3 is 5.97 Å². The van der Waals surface area contributed by atoms with E-state index in [1.165, 1.54) is 0 Å². The van der Waals surface area contributed by atoms with E-state index in [0.29, 0.717) is 21.8 Å². The van der Waals surface area contributed by atoms with Crippen LogP contribution >= 0.6 is 11.6 Å². The van der Waals surface area contributed by atoms with Crippen molar-refractivity contribution in [3.05, 3.63) is 64.9 Å². The largest absolute Gasteiger partial charge is 0.478 e. The summed E-state index contributed by atoms with van der Waals surface area (Å²) in [6.45, 7) is 0.274. The van der Waals surface area contributed by atoms with E-state index in [4.69, 9.17) is 16.0 Å². The topological polar surface area (TPSA) is 62.5 Å². The van der Waals surface area contributed by atoms with Crippen LogP contribution in [0.15, 0.2) is 52.9 Å². The van der Waals surface area contributed by atoms with Gasteiger partial charge < -0.3 is 14.8 Å². The van der Waals surface area contributed by atoms with E-state index >= 15 is 0 Å². The molecule has 0 atom stereocenters. The molecule has 1 aromatic heterocycles. The van der Waals surface area contributed by atoms with Gasteiger partial charge in [0.1, 0.15) is 16.9 Å². The number of benzene rings is 2. The lowest BCUT2D eigenvalue weighted by molar-refractivity contribution is 0.0696. The molecule has 106 valence electrons. The highest BCUT2D eigenvalue weighted by Crippen LogP contribution is 2.27. The molecule has 0 fully saturated rings. The van der Waals surface area contributed by atoms with Gasteiger partial charge in [-0.1, -0.05) is 35.9 Å². The summed E-state index contributed by atoms with van der Waals surface area (Å²) in [6.07, 6.45) is 0. The molecule has 0 amide bonds. The Labute approximate surface area is 126 Å². The van der Waals surface area contributed by atoms with Gasteiger partial charge in [0.2, 0.25) is 0 Å². The van der Waals surface area contributed by atoms with Crippen LogP contribution in [0.5, 0.6) is 0 Å². The van der Waals surface area contributed by atoms with Crippen molar-refractivity contribution in [2.45, 2.75) is 6.54 Å². The number of para-hydroxylation sites is 1. The maximum Gasteiger partial charge on any atom is 0.339 e. The highest BCUT2D eigenvalue weighted by molar-refractivity contribution is 6.30. The monoisotopic (exact) mass is 301 g/mol. The van der Waals surface area contributed by atoms with E-state index in [0.717, 1.165) is 5.69 Å². The lowest BCUT2D eigenvalue weighted by Crippen LogP contribution is -2.05. The maximum absolute atomic E-state index is 11.5. The zero-order valence-corrected chi connectivity index (χ0v) is 11.7. The van der Waals surface area contributed by atoms with Crippen LogP contribution in [-0.4, -0.2) is 11.1 Å². The lowest BCUT2D eigenvalue weighted by atomic mass is 10.1. The third kappa shape index (κ3) is 2.71. The summed E-state index contributed by atoms with van der Waals surface area (Å²) >= 11 is 5.92. The van der Waals surface area contributed by atoms with Crippen LogP contribution in [0.25, 0.3) is 11.0 Å². The Morgan fingerprint density at radius 2 is 2.00 bits per heavy atom. The van der Waals surface area contributed by atoms with E-state index in [1.54, 1.807) is 30.3 Å². The van der Waals surface area contributed by atoms with Crippen LogP contribution in [-0.2, 0) is 6.54 Å². The standard InChI is InChI=1S/C16H12ClNO3/c17-10-4-3-5-11(8-10)18-9-14-15(16(19)20)12-6-1-2-7-13(12)21-14/h1-8,18H,9H2,(H,19,20). The fourth-order valence-corrected chi connectivity index (χ4v) is 2.43. The number of carbonyl (C=O) groups is 1. The van der Waals surface area contributed by atoms with Gasteiger partial charge in [0, 0.05) is 16.1 Å². The van der Waals surface area contributed by atoms with Gasteiger partial charge in [-0.3, -0.25) is 0 Å². The number of anilines is 1. The third-order valence-electron chi connectivity index (χ3n) is 3.16. The Kier molecular flexibility index (Phi) is 3.54. The predicted molar refractivity (Wildman–Crippen MR) is 82.0 cm³/mol. The molecule has 5 heteroatoms. The number of hydrogen-bond acceptors (Lipinski definition) is 3. The van der Waals surface area contributed by atoms with Gasteiger partial charge in [0.05, 0.1) is 6.54 Å². The van der Waals surface area contributed by atoms with Crippen molar-refractivity contribution < 1.29 is 14.3 Å². The molecule has 1 heterocycles. The summed E-state index contributed by atoms with van der Waals surface area (Å²) in [7, 11) is 0. The number of furan rings is 1. The molecule has 2 aromatic carbocycles. The molecular weight excluding hydrogens is 290 g/mol. The van der Waals surface area contributed by atoms with Crippen LogP contribution in [0, 0.1) is 0 Å². The van der Waals surface area contributed by atoms with Crippen molar-refractivity contribution in [3.8, 4) is 0 Å². The maximum atomic E-state index is 11.5. The van der Waals surface area contributed by atoms with Crippen molar-refractivity contribution >= 4 is 34.2 Å². The van der Waals surface area contributed by atoms with Gasteiger partial charge in [-0.25, -0.2) is 4.79 Å². The Balaban J connectivity index is 1.93. The minimum Gasteiger partial charge on any atom is -0.478 e. The molecule has 0 bridgehead atoms. The van der Waals surface area contributed by atoms with Gasteiger partial charge in [-0.05, 0) is 24.3 Å². The highest BCUT2D eigenvalue weighted by Gasteiger charge is 2.19. The second-order valence-electron chi connectivity index (χ2n) is 4.57. The zero-order valence-electron chi connectivity index (χ0n) is 11.0. The molecule has 0 saturated heterocycles. The summed E-state index contributed by atoms with van der Waals surface area (Å²) in [5, 5.41) is 13.7. The van der Waals surface area contributed by atoms with E-state index < -0.39 is 5.97 Å². The SMILES string of the molecule is O=C(O)c1c(CNc2cccc(Cl)c2)oc2ccccc12. The molecule has 0 saturated carbocycles. The number of aromatic carboxylic acids is 1. The first kappa shape index (κ1) is 13.5.